The van der Waals surface area contributed by atoms with Gasteiger partial charge in [0.25, 0.3) is 0 Å². The molecule has 1 aromatic heterocycles. The fraction of sp³-hybridized carbons (Fsp3) is 0.400. The van der Waals surface area contributed by atoms with E-state index in [9.17, 15) is 0 Å². The molecule has 0 bridgehead atoms. The Labute approximate surface area is 113 Å². The molecule has 1 heterocycles. The summed E-state index contributed by atoms with van der Waals surface area (Å²) < 4.78 is 10.8. The van der Waals surface area contributed by atoms with Gasteiger partial charge < -0.3 is 15.0 Å². The summed E-state index contributed by atoms with van der Waals surface area (Å²) in [6, 6.07) is 6.17. The summed E-state index contributed by atoms with van der Waals surface area (Å²) >= 11 is 0. The van der Waals surface area contributed by atoms with Gasteiger partial charge in [-0.05, 0) is 36.6 Å². The second-order valence-electron chi connectivity index (χ2n) is 4.83. The molecule has 0 aliphatic rings. The fourth-order valence-electron chi connectivity index (χ4n) is 2.07. The molecule has 19 heavy (non-hydrogen) atoms. The second kappa shape index (κ2) is 5.89. The first-order chi connectivity index (χ1) is 9.17. The summed E-state index contributed by atoms with van der Waals surface area (Å²) in [5.41, 5.74) is 8.77. The van der Waals surface area contributed by atoms with Crippen molar-refractivity contribution in [3.8, 4) is 17.1 Å². The minimum absolute atomic E-state index is 0.459. The Morgan fingerprint density at radius 2 is 2.16 bits per heavy atom. The van der Waals surface area contributed by atoms with Gasteiger partial charge in [-0.2, -0.15) is 0 Å². The van der Waals surface area contributed by atoms with Crippen molar-refractivity contribution in [3.05, 3.63) is 35.5 Å². The van der Waals surface area contributed by atoms with Gasteiger partial charge in [-0.25, -0.2) is 0 Å². The molecule has 0 aliphatic carbocycles. The molecule has 2 N–H and O–H groups in total. The van der Waals surface area contributed by atoms with E-state index in [1.807, 2.05) is 6.07 Å². The highest BCUT2D eigenvalue weighted by molar-refractivity contribution is 5.69. The van der Waals surface area contributed by atoms with E-state index in [4.69, 9.17) is 15.0 Å². The highest BCUT2D eigenvalue weighted by Gasteiger charge is 2.16. The molecule has 0 spiro atoms. The molecule has 2 aromatic rings. The average Bonchev–Trinajstić information content (AvgIpc) is 2.86. The molecule has 4 heteroatoms. The lowest BCUT2D eigenvalue weighted by Crippen LogP contribution is -2.03. The molecule has 0 radical (unpaired) electrons. The maximum atomic E-state index is 5.60. The topological polar surface area (TPSA) is 61.3 Å². The first-order valence-electron chi connectivity index (χ1n) is 6.49. The number of rotatable bonds is 5. The molecule has 0 saturated carbocycles. The van der Waals surface area contributed by atoms with Gasteiger partial charge in [-0.3, -0.25) is 0 Å². The van der Waals surface area contributed by atoms with Crippen LogP contribution in [0.2, 0.25) is 0 Å². The molecule has 0 aliphatic heterocycles. The molecule has 0 atom stereocenters. The van der Waals surface area contributed by atoms with Crippen LogP contribution in [0.15, 0.2) is 28.9 Å². The first kappa shape index (κ1) is 13.6. The third-order valence-corrected chi connectivity index (χ3v) is 3.19. The Hall–Kier alpha value is -1.81. The summed E-state index contributed by atoms with van der Waals surface area (Å²) in [6.07, 6.45) is 2.46. The van der Waals surface area contributed by atoms with Gasteiger partial charge in [-0.1, -0.05) is 25.1 Å². The van der Waals surface area contributed by atoms with Crippen LogP contribution < -0.4 is 10.5 Å². The van der Waals surface area contributed by atoms with Gasteiger partial charge >= 0.3 is 0 Å². The van der Waals surface area contributed by atoms with Crippen molar-refractivity contribution < 1.29 is 9.26 Å². The van der Waals surface area contributed by atoms with Gasteiger partial charge in [0, 0.05) is 5.56 Å². The number of methoxy groups -OCH3 is 1. The largest absolute Gasteiger partial charge is 0.496 e. The molecular weight excluding hydrogens is 240 g/mol. The number of nitrogens with two attached hydrogens (primary N) is 1. The fourth-order valence-corrected chi connectivity index (χ4v) is 2.07. The average molecular weight is 260 g/mol. The molecule has 2 rings (SSSR count). The lowest BCUT2D eigenvalue weighted by molar-refractivity contribution is 0.405. The van der Waals surface area contributed by atoms with Crippen LogP contribution in [0.4, 0.5) is 0 Å². The third-order valence-electron chi connectivity index (χ3n) is 3.19. The number of ether oxygens (including phenoxy) is 1. The van der Waals surface area contributed by atoms with E-state index in [0.717, 1.165) is 29.1 Å². The van der Waals surface area contributed by atoms with Crippen molar-refractivity contribution in [2.75, 3.05) is 13.7 Å². The van der Waals surface area contributed by atoms with Crippen LogP contribution in [0.3, 0.4) is 0 Å². The van der Waals surface area contributed by atoms with Crippen molar-refractivity contribution in [3.63, 3.8) is 0 Å². The number of benzene rings is 1. The predicted octanol–water partition coefficient (Wildman–Crippen LogP) is 2.97. The second-order valence-corrected chi connectivity index (χ2v) is 4.83. The Bertz CT molecular complexity index is 547. The van der Waals surface area contributed by atoms with Gasteiger partial charge in [0.05, 0.1) is 18.9 Å². The molecule has 0 saturated heterocycles. The Balaban J connectivity index is 2.46. The Morgan fingerprint density at radius 3 is 2.79 bits per heavy atom. The van der Waals surface area contributed by atoms with Crippen LogP contribution in [-0.2, 0) is 6.42 Å². The van der Waals surface area contributed by atoms with E-state index in [1.165, 1.54) is 5.56 Å². The number of hydrogen-bond donors (Lipinski definition) is 1. The van der Waals surface area contributed by atoms with Gasteiger partial charge in [0.1, 0.15) is 5.75 Å². The zero-order valence-electron chi connectivity index (χ0n) is 11.6. The third kappa shape index (κ3) is 2.79. The summed E-state index contributed by atoms with van der Waals surface area (Å²) in [6.45, 7) is 4.88. The van der Waals surface area contributed by atoms with Crippen LogP contribution in [0.25, 0.3) is 11.3 Å². The van der Waals surface area contributed by atoms with Gasteiger partial charge in [0.15, 0.2) is 5.76 Å². The Kier molecular flexibility index (Phi) is 4.22. The van der Waals surface area contributed by atoms with Crippen LogP contribution >= 0.6 is 0 Å². The van der Waals surface area contributed by atoms with Crippen LogP contribution in [0.1, 0.15) is 30.9 Å². The van der Waals surface area contributed by atoms with E-state index in [2.05, 4.69) is 31.1 Å². The van der Waals surface area contributed by atoms with Crippen molar-refractivity contribution >= 4 is 0 Å². The standard InChI is InChI=1S/C15H20N2O2/c1-10(2)11-4-5-13(14(8-11)18-3)15-12(6-7-16)9-17-19-15/h4-5,8-10H,6-7,16H2,1-3H3. The summed E-state index contributed by atoms with van der Waals surface area (Å²) in [7, 11) is 1.67. The lowest BCUT2D eigenvalue weighted by atomic mass is 9.98. The predicted molar refractivity (Wildman–Crippen MR) is 75.3 cm³/mol. The maximum Gasteiger partial charge on any atom is 0.173 e. The van der Waals surface area contributed by atoms with E-state index in [-0.39, 0.29) is 0 Å². The van der Waals surface area contributed by atoms with Gasteiger partial charge in [-0.15, -0.1) is 0 Å². The first-order valence-corrected chi connectivity index (χ1v) is 6.49. The quantitative estimate of drug-likeness (QED) is 0.897. The summed E-state index contributed by atoms with van der Waals surface area (Å²) in [5.74, 6) is 2.01. The van der Waals surface area contributed by atoms with Crippen LogP contribution in [-0.4, -0.2) is 18.8 Å². The van der Waals surface area contributed by atoms with Crippen molar-refractivity contribution in [2.45, 2.75) is 26.2 Å². The van der Waals surface area contributed by atoms with Crippen LogP contribution in [0.5, 0.6) is 5.75 Å². The summed E-state index contributed by atoms with van der Waals surface area (Å²) in [4.78, 5) is 0. The zero-order valence-corrected chi connectivity index (χ0v) is 11.6. The van der Waals surface area contributed by atoms with E-state index < -0.39 is 0 Å². The number of hydrogen-bond acceptors (Lipinski definition) is 4. The molecule has 1 aromatic carbocycles. The molecule has 4 nitrogen and oxygen atoms in total. The molecule has 0 unspecified atom stereocenters. The minimum Gasteiger partial charge on any atom is -0.496 e. The van der Waals surface area contributed by atoms with E-state index in [1.54, 1.807) is 13.3 Å². The normalized spacial score (nSPS) is 11.0. The smallest absolute Gasteiger partial charge is 0.173 e. The number of nitrogens with zero attached hydrogens (tertiary/aromatic N) is 1. The minimum atomic E-state index is 0.459. The summed E-state index contributed by atoms with van der Waals surface area (Å²) in [5, 5.41) is 3.86. The van der Waals surface area contributed by atoms with Crippen molar-refractivity contribution in [1.29, 1.82) is 0 Å². The van der Waals surface area contributed by atoms with Crippen molar-refractivity contribution in [2.24, 2.45) is 5.73 Å². The lowest BCUT2D eigenvalue weighted by Gasteiger charge is -2.11. The molecule has 0 fully saturated rings. The van der Waals surface area contributed by atoms with Crippen LogP contribution in [0, 0.1) is 0 Å². The maximum absolute atomic E-state index is 5.60. The number of aromatic nitrogens is 1. The highest BCUT2D eigenvalue weighted by atomic mass is 16.5. The van der Waals surface area contributed by atoms with E-state index in [0.29, 0.717) is 12.5 Å². The molecule has 0 amide bonds. The van der Waals surface area contributed by atoms with E-state index >= 15 is 0 Å². The monoisotopic (exact) mass is 260 g/mol. The Morgan fingerprint density at radius 1 is 1.37 bits per heavy atom. The molecule has 102 valence electrons. The highest BCUT2D eigenvalue weighted by Crippen LogP contribution is 2.34. The molecular formula is C15H20N2O2. The van der Waals surface area contributed by atoms with Crippen molar-refractivity contribution in [1.82, 2.24) is 5.16 Å². The van der Waals surface area contributed by atoms with Gasteiger partial charge in [0.2, 0.25) is 0 Å². The zero-order chi connectivity index (χ0) is 13.8. The SMILES string of the molecule is COc1cc(C(C)C)ccc1-c1oncc1CCN.